The summed E-state index contributed by atoms with van der Waals surface area (Å²) in [6, 6.07) is 4.63. The lowest BCUT2D eigenvalue weighted by Gasteiger charge is -1.99. The summed E-state index contributed by atoms with van der Waals surface area (Å²) in [6.07, 6.45) is 1.39. The van der Waals surface area contributed by atoms with Crippen molar-refractivity contribution in [1.82, 2.24) is 9.55 Å². The smallest absolute Gasteiger partial charge is 0.200 e. The van der Waals surface area contributed by atoms with E-state index in [1.165, 1.54) is 18.3 Å². The Labute approximate surface area is 83.1 Å². The Balaban J connectivity index is 2.55. The lowest BCUT2D eigenvalue weighted by molar-refractivity contribution is 0.402. The predicted molar refractivity (Wildman–Crippen MR) is 49.5 cm³/mol. The molecule has 0 fully saturated rings. The van der Waals surface area contributed by atoms with E-state index >= 15 is 0 Å². The average molecular weight is 207 g/mol. The van der Waals surface area contributed by atoms with Crippen molar-refractivity contribution in [2.75, 3.05) is 0 Å². The van der Waals surface area contributed by atoms with Gasteiger partial charge in [0.15, 0.2) is 11.8 Å². The van der Waals surface area contributed by atoms with Gasteiger partial charge in [-0.1, -0.05) is 11.3 Å². The van der Waals surface area contributed by atoms with E-state index in [1.807, 2.05) is 6.07 Å². The van der Waals surface area contributed by atoms with Crippen molar-refractivity contribution in [3.8, 4) is 23.0 Å². The molecular formula is C8H5N3O2S. The third-order valence-electron chi connectivity index (χ3n) is 1.63. The van der Waals surface area contributed by atoms with Crippen LogP contribution < -0.4 is 0 Å². The number of aromatic nitrogens is 2. The van der Waals surface area contributed by atoms with Crippen LogP contribution >= 0.6 is 11.3 Å². The van der Waals surface area contributed by atoms with Crippen molar-refractivity contribution in [3.63, 3.8) is 0 Å². The number of hydrogen-bond acceptors (Lipinski definition) is 5. The quantitative estimate of drug-likeness (QED) is 0.736. The van der Waals surface area contributed by atoms with Crippen LogP contribution in [0.3, 0.4) is 0 Å². The molecule has 2 aromatic rings. The molecule has 14 heavy (non-hydrogen) atoms. The molecule has 0 spiro atoms. The molecule has 2 N–H and O–H groups in total. The maximum atomic E-state index is 9.35. The third kappa shape index (κ3) is 1.20. The van der Waals surface area contributed by atoms with Gasteiger partial charge in [0, 0.05) is 12.1 Å². The van der Waals surface area contributed by atoms with Gasteiger partial charge in [-0.25, -0.2) is 9.55 Å². The predicted octanol–water partition coefficient (Wildman–Crippen LogP) is 1.22. The standard InChI is InChI=1S/C8H5N3O2S/c9-3-5-4-10-8(14-5)11-6(12)1-2-7(11)13/h1-2,4,12-13H. The van der Waals surface area contributed by atoms with E-state index < -0.39 is 0 Å². The summed E-state index contributed by atoms with van der Waals surface area (Å²) in [7, 11) is 0. The fourth-order valence-corrected chi connectivity index (χ4v) is 1.76. The Morgan fingerprint density at radius 3 is 2.50 bits per heavy atom. The minimum Gasteiger partial charge on any atom is -0.494 e. The molecule has 0 aliphatic rings. The van der Waals surface area contributed by atoms with Gasteiger partial charge in [-0.2, -0.15) is 5.26 Å². The van der Waals surface area contributed by atoms with E-state index in [1.54, 1.807) is 0 Å². The Morgan fingerprint density at radius 2 is 2.00 bits per heavy atom. The summed E-state index contributed by atoms with van der Waals surface area (Å²) in [5, 5.41) is 27.6. The molecule has 0 bridgehead atoms. The number of nitriles is 1. The summed E-state index contributed by atoms with van der Waals surface area (Å²) in [5.41, 5.74) is 0. The van der Waals surface area contributed by atoms with Crippen LogP contribution in [0, 0.1) is 11.3 Å². The topological polar surface area (TPSA) is 82.1 Å². The number of thiazole rings is 1. The minimum atomic E-state index is -0.110. The molecule has 0 amide bonds. The first kappa shape index (κ1) is 8.59. The van der Waals surface area contributed by atoms with Gasteiger partial charge in [-0.05, 0) is 0 Å². The molecule has 5 nitrogen and oxygen atoms in total. The molecule has 70 valence electrons. The van der Waals surface area contributed by atoms with Crippen molar-refractivity contribution in [2.45, 2.75) is 0 Å². The largest absolute Gasteiger partial charge is 0.494 e. The van der Waals surface area contributed by atoms with Crippen LogP contribution in [-0.2, 0) is 0 Å². The van der Waals surface area contributed by atoms with Gasteiger partial charge >= 0.3 is 0 Å². The highest BCUT2D eigenvalue weighted by Crippen LogP contribution is 2.28. The molecule has 2 aromatic heterocycles. The fourth-order valence-electron chi connectivity index (χ4n) is 1.03. The summed E-state index contributed by atoms with van der Waals surface area (Å²) in [5.74, 6) is -0.220. The van der Waals surface area contributed by atoms with Gasteiger partial charge < -0.3 is 10.2 Å². The summed E-state index contributed by atoms with van der Waals surface area (Å²) in [6.45, 7) is 0. The van der Waals surface area contributed by atoms with Crippen LogP contribution in [0.4, 0.5) is 0 Å². The second kappa shape index (κ2) is 3.05. The van der Waals surface area contributed by atoms with E-state index in [4.69, 9.17) is 5.26 Å². The summed E-state index contributed by atoms with van der Waals surface area (Å²) < 4.78 is 1.16. The Hall–Kier alpha value is -2.00. The maximum Gasteiger partial charge on any atom is 0.200 e. The highest BCUT2D eigenvalue weighted by molar-refractivity contribution is 7.14. The second-order valence-electron chi connectivity index (χ2n) is 2.50. The zero-order valence-electron chi connectivity index (χ0n) is 6.88. The highest BCUT2D eigenvalue weighted by Gasteiger charge is 2.11. The van der Waals surface area contributed by atoms with E-state index in [0.717, 1.165) is 15.9 Å². The fraction of sp³-hybridized carbons (Fsp3) is 0. The zero-order valence-corrected chi connectivity index (χ0v) is 7.69. The molecular weight excluding hydrogens is 202 g/mol. The summed E-state index contributed by atoms with van der Waals surface area (Å²) >= 11 is 1.09. The maximum absolute atomic E-state index is 9.35. The summed E-state index contributed by atoms with van der Waals surface area (Å²) in [4.78, 5) is 4.31. The number of nitrogens with zero attached hydrogens (tertiary/aromatic N) is 3. The third-order valence-corrected chi connectivity index (χ3v) is 2.52. The first-order chi connectivity index (χ1) is 6.72. The van der Waals surface area contributed by atoms with Gasteiger partial charge in [0.1, 0.15) is 10.9 Å². The molecule has 6 heteroatoms. The minimum absolute atomic E-state index is 0.110. The second-order valence-corrected chi connectivity index (χ2v) is 3.51. The lowest BCUT2D eigenvalue weighted by Crippen LogP contribution is -1.90. The molecule has 0 aliphatic carbocycles. The molecule has 0 atom stereocenters. The highest BCUT2D eigenvalue weighted by atomic mass is 32.1. The van der Waals surface area contributed by atoms with Crippen LogP contribution in [0.25, 0.3) is 5.13 Å². The van der Waals surface area contributed by atoms with E-state index in [0.29, 0.717) is 10.0 Å². The van der Waals surface area contributed by atoms with Gasteiger partial charge in [0.2, 0.25) is 5.13 Å². The molecule has 0 unspecified atom stereocenters. The van der Waals surface area contributed by atoms with Crippen molar-refractivity contribution < 1.29 is 10.2 Å². The molecule has 0 saturated carbocycles. The van der Waals surface area contributed by atoms with Crippen molar-refractivity contribution in [1.29, 1.82) is 5.26 Å². The average Bonchev–Trinajstić information content (AvgIpc) is 2.73. The first-order valence-electron chi connectivity index (χ1n) is 3.68. The number of rotatable bonds is 1. The van der Waals surface area contributed by atoms with Crippen LogP contribution in [0.2, 0.25) is 0 Å². The van der Waals surface area contributed by atoms with Gasteiger partial charge in [0.05, 0.1) is 6.20 Å². The number of aromatic hydroxyl groups is 2. The molecule has 0 aromatic carbocycles. The van der Waals surface area contributed by atoms with Gasteiger partial charge in [0.25, 0.3) is 0 Å². The molecule has 0 radical (unpaired) electrons. The van der Waals surface area contributed by atoms with Crippen molar-refractivity contribution >= 4 is 11.3 Å². The van der Waals surface area contributed by atoms with Crippen LogP contribution in [0.15, 0.2) is 18.3 Å². The zero-order chi connectivity index (χ0) is 10.1. The molecule has 0 saturated heterocycles. The number of hydrogen-bond donors (Lipinski definition) is 2. The van der Waals surface area contributed by atoms with Gasteiger partial charge in [-0.3, -0.25) is 0 Å². The van der Waals surface area contributed by atoms with E-state index in [2.05, 4.69) is 4.98 Å². The normalized spacial score (nSPS) is 9.93. The van der Waals surface area contributed by atoms with Crippen molar-refractivity contribution in [2.24, 2.45) is 0 Å². The lowest BCUT2D eigenvalue weighted by atomic mass is 10.6. The van der Waals surface area contributed by atoms with Gasteiger partial charge in [-0.15, -0.1) is 0 Å². The van der Waals surface area contributed by atoms with Crippen LogP contribution in [0.5, 0.6) is 11.8 Å². The monoisotopic (exact) mass is 207 g/mol. The van der Waals surface area contributed by atoms with Crippen molar-refractivity contribution in [3.05, 3.63) is 23.2 Å². The SMILES string of the molecule is N#Cc1cnc(-n2c(O)ccc2O)s1. The first-order valence-corrected chi connectivity index (χ1v) is 4.50. The van der Waals surface area contributed by atoms with E-state index in [-0.39, 0.29) is 11.8 Å². The Kier molecular flexibility index (Phi) is 1.87. The molecule has 2 rings (SSSR count). The van der Waals surface area contributed by atoms with Crippen LogP contribution in [0.1, 0.15) is 4.88 Å². The van der Waals surface area contributed by atoms with Crippen LogP contribution in [-0.4, -0.2) is 19.8 Å². The van der Waals surface area contributed by atoms with E-state index in [9.17, 15) is 10.2 Å². The Bertz CT molecular complexity index is 489. The molecule has 0 aliphatic heterocycles. The molecule has 2 heterocycles. The Morgan fingerprint density at radius 1 is 1.36 bits per heavy atom.